The lowest BCUT2D eigenvalue weighted by Crippen LogP contribution is -2.34. The van der Waals surface area contributed by atoms with Crippen molar-refractivity contribution in [1.29, 1.82) is 0 Å². The number of methoxy groups -OCH3 is 1. The van der Waals surface area contributed by atoms with Gasteiger partial charge in [-0.05, 0) is 19.4 Å². The third-order valence-electron chi connectivity index (χ3n) is 4.22. The van der Waals surface area contributed by atoms with Crippen molar-refractivity contribution in [2.24, 2.45) is 7.05 Å². The number of halogens is 3. The van der Waals surface area contributed by atoms with Crippen LogP contribution in [0.15, 0.2) is 10.7 Å². The van der Waals surface area contributed by atoms with Crippen LogP contribution in [0.2, 0.25) is 0 Å². The van der Waals surface area contributed by atoms with E-state index in [4.69, 9.17) is 9.26 Å². The van der Waals surface area contributed by atoms with Crippen LogP contribution in [0.1, 0.15) is 42.0 Å². The van der Waals surface area contributed by atoms with Gasteiger partial charge in [-0.25, -0.2) is 4.98 Å². The molecule has 10 heteroatoms. The van der Waals surface area contributed by atoms with Gasteiger partial charge in [-0.1, -0.05) is 5.16 Å². The van der Waals surface area contributed by atoms with E-state index in [9.17, 15) is 13.2 Å². The maximum atomic E-state index is 12.9. The number of likely N-dealkylation sites (tertiary alicyclic amines) is 1. The van der Waals surface area contributed by atoms with Gasteiger partial charge >= 0.3 is 6.18 Å². The summed E-state index contributed by atoms with van der Waals surface area (Å²) >= 11 is 0. The van der Waals surface area contributed by atoms with Crippen LogP contribution in [0.25, 0.3) is 0 Å². The van der Waals surface area contributed by atoms with E-state index in [2.05, 4.69) is 20.0 Å². The molecule has 138 valence electrons. The van der Waals surface area contributed by atoms with Crippen molar-refractivity contribution in [2.75, 3.05) is 20.2 Å². The molecule has 7 nitrogen and oxygen atoms in total. The number of nitrogens with zero attached hydrogens (tertiary/aromatic N) is 5. The highest BCUT2D eigenvalue weighted by Gasteiger charge is 2.36. The maximum absolute atomic E-state index is 12.9. The average molecular weight is 359 g/mol. The number of rotatable bonds is 5. The number of hydrogen-bond donors (Lipinski definition) is 0. The number of imidazole rings is 1. The Morgan fingerprint density at radius 1 is 1.36 bits per heavy atom. The molecule has 0 amide bonds. The monoisotopic (exact) mass is 359 g/mol. The van der Waals surface area contributed by atoms with E-state index in [0.29, 0.717) is 30.6 Å². The second-order valence-corrected chi connectivity index (χ2v) is 6.20. The first-order valence-electron chi connectivity index (χ1n) is 8.00. The topological polar surface area (TPSA) is 69.2 Å². The molecule has 1 fully saturated rings. The first kappa shape index (κ1) is 17.9. The minimum absolute atomic E-state index is 0.0591. The molecular weight excluding hydrogens is 339 g/mol. The Bertz CT molecular complexity index is 712. The van der Waals surface area contributed by atoms with Crippen molar-refractivity contribution in [2.45, 2.75) is 38.1 Å². The van der Waals surface area contributed by atoms with E-state index in [1.54, 1.807) is 14.2 Å². The van der Waals surface area contributed by atoms with Gasteiger partial charge in [-0.15, -0.1) is 0 Å². The van der Waals surface area contributed by atoms with Crippen molar-refractivity contribution in [1.82, 2.24) is 24.6 Å². The zero-order valence-electron chi connectivity index (χ0n) is 14.1. The van der Waals surface area contributed by atoms with Crippen LogP contribution < -0.4 is 0 Å². The van der Waals surface area contributed by atoms with Gasteiger partial charge < -0.3 is 13.8 Å². The van der Waals surface area contributed by atoms with Crippen molar-refractivity contribution in [3.63, 3.8) is 0 Å². The Morgan fingerprint density at radius 2 is 2.16 bits per heavy atom. The zero-order chi connectivity index (χ0) is 18.0. The van der Waals surface area contributed by atoms with Crippen LogP contribution in [0.4, 0.5) is 13.2 Å². The van der Waals surface area contributed by atoms with Crippen LogP contribution in [-0.2, 0) is 31.1 Å². The van der Waals surface area contributed by atoms with E-state index >= 15 is 0 Å². The fraction of sp³-hybridized carbons (Fsp3) is 0.667. The molecule has 3 heterocycles. The first-order chi connectivity index (χ1) is 11.9. The molecule has 2 aromatic rings. The Hall–Kier alpha value is -1.94. The summed E-state index contributed by atoms with van der Waals surface area (Å²) in [6, 6.07) is 0. The van der Waals surface area contributed by atoms with E-state index in [1.165, 1.54) is 4.57 Å². The van der Waals surface area contributed by atoms with Gasteiger partial charge in [0, 0.05) is 32.8 Å². The maximum Gasteiger partial charge on any atom is 0.434 e. The lowest BCUT2D eigenvalue weighted by Gasteiger charge is -2.31. The van der Waals surface area contributed by atoms with Crippen molar-refractivity contribution in [3.8, 4) is 0 Å². The summed E-state index contributed by atoms with van der Waals surface area (Å²) in [6.07, 6.45) is -1.70. The van der Waals surface area contributed by atoms with Gasteiger partial charge in [0.05, 0.1) is 6.54 Å². The van der Waals surface area contributed by atoms with Gasteiger partial charge in [0.25, 0.3) is 0 Å². The molecule has 1 unspecified atom stereocenters. The van der Waals surface area contributed by atoms with Crippen molar-refractivity contribution < 1.29 is 22.4 Å². The highest BCUT2D eigenvalue weighted by molar-refractivity contribution is 5.12. The molecule has 0 bridgehead atoms. The highest BCUT2D eigenvalue weighted by atomic mass is 19.4. The first-order valence-corrected chi connectivity index (χ1v) is 8.00. The van der Waals surface area contributed by atoms with Gasteiger partial charge in [0.2, 0.25) is 5.89 Å². The molecule has 1 saturated heterocycles. The molecule has 2 aromatic heterocycles. The number of hydrogen-bond acceptors (Lipinski definition) is 6. The van der Waals surface area contributed by atoms with Crippen LogP contribution in [0.5, 0.6) is 0 Å². The predicted octanol–water partition coefficient (Wildman–Crippen LogP) is 2.35. The molecule has 1 atom stereocenters. The van der Waals surface area contributed by atoms with Gasteiger partial charge in [-0.2, -0.15) is 18.2 Å². The highest BCUT2D eigenvalue weighted by Crippen LogP contribution is 2.32. The largest absolute Gasteiger partial charge is 0.434 e. The van der Waals surface area contributed by atoms with Gasteiger partial charge in [0.15, 0.2) is 11.5 Å². The summed E-state index contributed by atoms with van der Waals surface area (Å²) in [5.41, 5.74) is -0.844. The summed E-state index contributed by atoms with van der Waals surface area (Å²) in [6.45, 7) is 2.17. The lowest BCUT2D eigenvalue weighted by atomic mass is 9.97. The molecule has 0 radical (unpaired) electrons. The molecule has 0 aliphatic carbocycles. The lowest BCUT2D eigenvalue weighted by molar-refractivity contribution is -0.141. The van der Waals surface area contributed by atoms with E-state index < -0.39 is 11.9 Å². The number of alkyl halides is 3. The molecule has 3 rings (SSSR count). The second-order valence-electron chi connectivity index (χ2n) is 6.20. The van der Waals surface area contributed by atoms with Crippen LogP contribution >= 0.6 is 0 Å². The van der Waals surface area contributed by atoms with E-state index in [0.717, 1.165) is 25.6 Å². The third kappa shape index (κ3) is 4.18. The Labute approximate surface area is 142 Å². The quantitative estimate of drug-likeness (QED) is 0.816. The summed E-state index contributed by atoms with van der Waals surface area (Å²) < 4.78 is 50.2. The minimum atomic E-state index is -4.42. The standard InChI is InChI=1S/C15H20F3N5O2/c1-22-7-11(15(16,17)18)19-14(22)10-4-3-5-23(6-10)8-13-20-12(9-24-2)21-25-13/h7,10H,3-6,8-9H2,1-2H3. The summed E-state index contributed by atoms with van der Waals surface area (Å²) in [5, 5.41) is 3.81. The fourth-order valence-electron chi connectivity index (χ4n) is 3.14. The van der Waals surface area contributed by atoms with Crippen LogP contribution in [0.3, 0.4) is 0 Å². The zero-order valence-corrected chi connectivity index (χ0v) is 14.1. The molecule has 0 N–H and O–H groups in total. The van der Waals surface area contributed by atoms with E-state index in [-0.39, 0.29) is 12.5 Å². The van der Waals surface area contributed by atoms with Crippen LogP contribution in [-0.4, -0.2) is 44.8 Å². The van der Waals surface area contributed by atoms with E-state index in [1.807, 2.05) is 0 Å². The molecular formula is C15H20F3N5O2. The van der Waals surface area contributed by atoms with Gasteiger partial charge in [0.1, 0.15) is 12.4 Å². The number of ether oxygens (including phenoxy) is 1. The molecule has 0 saturated carbocycles. The SMILES string of the molecule is COCc1noc(CN2CCCC(c3nc(C(F)(F)F)cn3C)C2)n1. The molecule has 25 heavy (non-hydrogen) atoms. The van der Waals surface area contributed by atoms with Crippen LogP contribution in [0, 0.1) is 0 Å². The third-order valence-corrected chi connectivity index (χ3v) is 4.22. The summed E-state index contributed by atoms with van der Waals surface area (Å²) in [5.74, 6) is 1.35. The Balaban J connectivity index is 1.67. The molecule has 0 aromatic carbocycles. The predicted molar refractivity (Wildman–Crippen MR) is 80.5 cm³/mol. The Morgan fingerprint density at radius 3 is 2.84 bits per heavy atom. The number of aromatic nitrogens is 4. The van der Waals surface area contributed by atoms with Crippen molar-refractivity contribution >= 4 is 0 Å². The van der Waals surface area contributed by atoms with Gasteiger partial charge in [-0.3, -0.25) is 4.90 Å². The molecule has 0 spiro atoms. The second kappa shape index (κ2) is 7.12. The summed E-state index contributed by atoms with van der Waals surface area (Å²) in [7, 11) is 3.15. The smallest absolute Gasteiger partial charge is 0.377 e. The fourth-order valence-corrected chi connectivity index (χ4v) is 3.14. The average Bonchev–Trinajstić information content (AvgIpc) is 3.14. The minimum Gasteiger partial charge on any atom is -0.377 e. The molecule has 1 aliphatic heterocycles. The summed E-state index contributed by atoms with van der Waals surface area (Å²) in [4.78, 5) is 10.1. The normalized spacial score (nSPS) is 19.5. The molecule has 1 aliphatic rings. The van der Waals surface area contributed by atoms with Crippen molar-refractivity contribution in [3.05, 3.63) is 29.4 Å². The number of aryl methyl sites for hydroxylation is 1. The number of piperidine rings is 1. The Kier molecular flexibility index (Phi) is 5.09.